The van der Waals surface area contributed by atoms with E-state index in [4.69, 9.17) is 0 Å². The molecule has 2 aromatic carbocycles. The van der Waals surface area contributed by atoms with Gasteiger partial charge in [-0.25, -0.2) is 9.18 Å². The van der Waals surface area contributed by atoms with Crippen molar-refractivity contribution in [3.63, 3.8) is 0 Å². The van der Waals surface area contributed by atoms with Gasteiger partial charge in [0.2, 0.25) is 11.8 Å². The topological polar surface area (TPSA) is 79.4 Å². The zero-order valence-corrected chi connectivity index (χ0v) is 31.5. The van der Waals surface area contributed by atoms with Crippen molar-refractivity contribution in [2.75, 3.05) is 62.6 Å². The van der Waals surface area contributed by atoms with E-state index < -0.39 is 10.1 Å². The first-order valence-corrected chi connectivity index (χ1v) is 19.3. The fraction of sp³-hybridized carbons (Fsp3) is 0.615. The van der Waals surface area contributed by atoms with Crippen molar-refractivity contribution in [3.05, 3.63) is 59.4 Å². The van der Waals surface area contributed by atoms with Gasteiger partial charge in [0.25, 0.3) is 0 Å². The third-order valence-corrected chi connectivity index (χ3v) is 12.6. The molecule has 11 heteroatoms. The van der Waals surface area contributed by atoms with Gasteiger partial charge in [0.05, 0.1) is 12.1 Å². The number of nitrogens with zero attached hydrogens (tertiary/aromatic N) is 5. The van der Waals surface area contributed by atoms with Crippen molar-refractivity contribution in [2.24, 2.45) is 5.41 Å². The molecule has 274 valence electrons. The molecule has 4 amide bonds. The Labute approximate surface area is 303 Å². The lowest BCUT2D eigenvalue weighted by atomic mass is 9.91. The normalized spacial score (nSPS) is 24.1. The van der Waals surface area contributed by atoms with Gasteiger partial charge in [0, 0.05) is 77.1 Å². The number of halogens is 1. The zero-order valence-electron chi connectivity index (χ0n) is 30.7. The van der Waals surface area contributed by atoms with Gasteiger partial charge < -0.3 is 24.9 Å². The molecular weight excluding hydrogens is 652 g/mol. The number of rotatable bonds is 8. The largest absolute Gasteiger partial charge is 0.366 e. The molecule has 0 spiro atoms. The van der Waals surface area contributed by atoms with Crippen LogP contribution >= 0.6 is 11.8 Å². The number of thioether (sulfide) groups is 1. The molecule has 9 nitrogen and oxygen atoms in total. The third kappa shape index (κ3) is 7.78. The number of carbonyl (C=O) groups excluding carboxylic acids is 3. The van der Waals surface area contributed by atoms with Crippen LogP contribution < -0.4 is 10.2 Å². The predicted octanol–water partition coefficient (Wildman–Crippen LogP) is 6.84. The van der Waals surface area contributed by atoms with E-state index in [2.05, 4.69) is 55.8 Å². The quantitative estimate of drug-likeness (QED) is 0.324. The predicted molar refractivity (Wildman–Crippen MR) is 202 cm³/mol. The Morgan fingerprint density at radius 3 is 2.38 bits per heavy atom. The summed E-state index contributed by atoms with van der Waals surface area (Å²) in [7, 11) is 0. The van der Waals surface area contributed by atoms with E-state index >= 15 is 4.39 Å². The standard InChI is InChI=1S/C39H55FN6O3S.H2/c1-27(2)42-22-24-44(25-23-42)34-30(11-9-12-31(34)40)35-46(21-17-38(3,4)5)36(48)39(6,50-35)26-33(47)43-18-15-29(16-19-43)45-20-14-28-10-7-8-13-32(28)41-37(45)49;/h7-13,27,29,35H,14-26H2,1-6H3,(H,41,49);1H/t35-,39+;/m0./s1. The fourth-order valence-electron chi connectivity index (χ4n) is 7.89. The maximum absolute atomic E-state index is 15.8. The molecule has 4 aliphatic heterocycles. The van der Waals surface area contributed by atoms with Gasteiger partial charge in [-0.1, -0.05) is 51.1 Å². The summed E-state index contributed by atoms with van der Waals surface area (Å²) in [6.07, 6.45) is 3.07. The zero-order chi connectivity index (χ0) is 35.8. The number of piperazine rings is 1. The molecule has 50 heavy (non-hydrogen) atoms. The Balaban J connectivity index is 0.00000504. The highest BCUT2D eigenvalue weighted by molar-refractivity contribution is 8.02. The van der Waals surface area contributed by atoms with Crippen molar-refractivity contribution in [2.45, 2.75) is 95.9 Å². The van der Waals surface area contributed by atoms with Crippen LogP contribution in [0.5, 0.6) is 0 Å². The maximum Gasteiger partial charge on any atom is 0.322 e. The van der Waals surface area contributed by atoms with Crippen LogP contribution in [0.25, 0.3) is 0 Å². The van der Waals surface area contributed by atoms with E-state index in [0.717, 1.165) is 55.8 Å². The van der Waals surface area contributed by atoms with E-state index in [1.807, 2.05) is 45.9 Å². The summed E-state index contributed by atoms with van der Waals surface area (Å²) >= 11 is 1.50. The Hall–Kier alpha value is -3.31. The van der Waals surface area contributed by atoms with Crippen molar-refractivity contribution < 1.29 is 20.2 Å². The lowest BCUT2D eigenvalue weighted by Crippen LogP contribution is -2.51. The van der Waals surface area contributed by atoms with Gasteiger partial charge >= 0.3 is 6.03 Å². The van der Waals surface area contributed by atoms with Gasteiger partial charge in [-0.15, -0.1) is 11.8 Å². The second-order valence-electron chi connectivity index (χ2n) is 16.1. The molecule has 0 aliphatic carbocycles. The van der Waals surface area contributed by atoms with Crippen LogP contribution in [0.4, 0.5) is 20.6 Å². The number of para-hydroxylation sites is 2. The molecule has 0 radical (unpaired) electrons. The maximum atomic E-state index is 15.8. The van der Waals surface area contributed by atoms with Gasteiger partial charge in [0.15, 0.2) is 0 Å². The number of carbonyl (C=O) groups is 3. The number of likely N-dealkylation sites (tertiary alicyclic amines) is 1. The first-order chi connectivity index (χ1) is 23.7. The molecule has 0 unspecified atom stereocenters. The summed E-state index contributed by atoms with van der Waals surface area (Å²) in [6.45, 7) is 18.2. The summed E-state index contributed by atoms with van der Waals surface area (Å²) in [6, 6.07) is 13.6. The van der Waals surface area contributed by atoms with Gasteiger partial charge in [-0.2, -0.15) is 0 Å². The highest BCUT2D eigenvalue weighted by Crippen LogP contribution is 2.53. The number of nitrogens with one attached hydrogen (secondary N) is 1. The van der Waals surface area contributed by atoms with Crippen LogP contribution in [0, 0.1) is 11.2 Å². The summed E-state index contributed by atoms with van der Waals surface area (Å²) in [5, 5.41) is 2.68. The minimum Gasteiger partial charge on any atom is -0.366 e. The molecule has 1 N–H and O–H groups in total. The Morgan fingerprint density at radius 1 is 1.00 bits per heavy atom. The Bertz CT molecular complexity index is 1570. The van der Waals surface area contributed by atoms with E-state index in [9.17, 15) is 14.4 Å². The van der Waals surface area contributed by atoms with Crippen LogP contribution in [-0.4, -0.2) is 107 Å². The van der Waals surface area contributed by atoms with E-state index in [0.29, 0.717) is 50.7 Å². The molecule has 0 saturated carbocycles. The lowest BCUT2D eigenvalue weighted by molar-refractivity contribution is -0.139. The third-order valence-electron chi connectivity index (χ3n) is 11.0. The number of benzene rings is 2. The number of piperidine rings is 1. The number of anilines is 2. The molecule has 4 aliphatic rings. The Kier molecular flexibility index (Phi) is 10.8. The molecule has 2 aromatic rings. The molecule has 0 bridgehead atoms. The Morgan fingerprint density at radius 2 is 1.70 bits per heavy atom. The summed E-state index contributed by atoms with van der Waals surface area (Å²) in [5.41, 5.74) is 3.40. The summed E-state index contributed by atoms with van der Waals surface area (Å²) in [4.78, 5) is 51.8. The van der Waals surface area contributed by atoms with E-state index in [-0.39, 0.29) is 43.0 Å². The number of urea groups is 1. The van der Waals surface area contributed by atoms with Crippen LogP contribution in [0.15, 0.2) is 42.5 Å². The van der Waals surface area contributed by atoms with Gasteiger partial charge in [0.1, 0.15) is 15.9 Å². The second kappa shape index (κ2) is 14.7. The SMILES string of the molecule is CC(C)N1CCN(c2c(F)cccc2[C@@H]2S[C@](C)(CC(=O)N3CCC(N4CCc5ccccc5NC4=O)CC3)C(=O)N2CCC(C)(C)C)CC1.[HH]. The first kappa shape index (κ1) is 36.5. The minimum absolute atomic E-state index is 0. The lowest BCUT2D eigenvalue weighted by Gasteiger charge is -2.40. The molecule has 6 rings (SSSR count). The molecule has 4 heterocycles. The van der Waals surface area contributed by atoms with Crippen LogP contribution in [0.1, 0.15) is 85.2 Å². The average molecular weight is 709 g/mol. The molecule has 2 atom stereocenters. The number of hydrogen-bond acceptors (Lipinski definition) is 6. The smallest absolute Gasteiger partial charge is 0.322 e. The number of hydrogen-bond donors (Lipinski definition) is 1. The monoisotopic (exact) mass is 708 g/mol. The molecule has 3 fully saturated rings. The number of amides is 4. The van der Waals surface area contributed by atoms with Crippen LogP contribution in [0.2, 0.25) is 0 Å². The van der Waals surface area contributed by atoms with Gasteiger partial charge in [-0.05, 0) is 69.6 Å². The highest BCUT2D eigenvalue weighted by atomic mass is 32.2. The minimum atomic E-state index is -0.979. The summed E-state index contributed by atoms with van der Waals surface area (Å²) in [5.74, 6) is -0.361. The van der Waals surface area contributed by atoms with Crippen LogP contribution in [0.3, 0.4) is 0 Å². The summed E-state index contributed by atoms with van der Waals surface area (Å²) < 4.78 is 14.8. The highest BCUT2D eigenvalue weighted by Gasteiger charge is 2.52. The van der Waals surface area contributed by atoms with Crippen molar-refractivity contribution in [1.82, 2.24) is 19.6 Å². The molecular formula is C39H57FN6O3S. The van der Waals surface area contributed by atoms with Crippen molar-refractivity contribution in [1.29, 1.82) is 0 Å². The van der Waals surface area contributed by atoms with Crippen molar-refractivity contribution >= 4 is 41.0 Å². The molecule has 3 saturated heterocycles. The van der Waals surface area contributed by atoms with Crippen LogP contribution in [-0.2, 0) is 16.0 Å². The molecule has 0 aromatic heterocycles. The van der Waals surface area contributed by atoms with E-state index in [1.54, 1.807) is 6.07 Å². The fourth-order valence-corrected chi connectivity index (χ4v) is 9.45. The van der Waals surface area contributed by atoms with Crippen molar-refractivity contribution in [3.8, 4) is 0 Å². The van der Waals surface area contributed by atoms with E-state index in [1.165, 1.54) is 17.8 Å². The average Bonchev–Trinajstić information content (AvgIpc) is 3.20. The number of fused-ring (bicyclic) bond motifs is 1. The first-order valence-electron chi connectivity index (χ1n) is 18.4. The van der Waals surface area contributed by atoms with Gasteiger partial charge in [-0.3, -0.25) is 14.5 Å². The second-order valence-corrected chi connectivity index (χ2v) is 17.7.